The Morgan fingerprint density at radius 3 is 2.88 bits per heavy atom. The molecule has 2 fully saturated rings. The number of aryl methyl sites for hydroxylation is 1. The molecule has 0 radical (unpaired) electrons. The van der Waals surface area contributed by atoms with E-state index in [9.17, 15) is 9.59 Å². The number of carbonyl (C=O) groups is 1. The number of pyridine rings is 1. The molecule has 1 atom stereocenters. The zero-order valence-corrected chi connectivity index (χ0v) is 15.2. The van der Waals surface area contributed by atoms with Gasteiger partial charge in [0.05, 0.1) is 0 Å². The van der Waals surface area contributed by atoms with Crippen LogP contribution in [0.3, 0.4) is 0 Å². The standard InChI is InChI=1S/C19H23N3O2S/c1-13-8-14(12-25-13)11-22-6-3-19(4-7-22)10-16(19)21-18(24)15-2-5-20-17(23)9-15/h2,5,8-9,12,16H,3-4,6-7,10-11H2,1H3,(H,20,23)(H,21,24). The van der Waals surface area contributed by atoms with E-state index < -0.39 is 0 Å². The van der Waals surface area contributed by atoms with Gasteiger partial charge in [-0.05, 0) is 67.8 Å². The number of nitrogens with zero attached hydrogens (tertiary/aromatic N) is 1. The molecule has 5 nitrogen and oxygen atoms in total. The summed E-state index contributed by atoms with van der Waals surface area (Å²) in [7, 11) is 0. The number of aromatic nitrogens is 1. The average molecular weight is 357 g/mol. The van der Waals surface area contributed by atoms with Gasteiger partial charge in [-0.15, -0.1) is 11.3 Å². The second-order valence-corrected chi connectivity index (χ2v) is 8.49. The number of thiophene rings is 1. The van der Waals surface area contributed by atoms with E-state index in [1.165, 1.54) is 22.7 Å². The molecule has 1 unspecified atom stereocenters. The Balaban J connectivity index is 1.29. The predicted octanol–water partition coefficient (Wildman–Crippen LogP) is 2.53. The molecule has 2 N–H and O–H groups in total. The highest BCUT2D eigenvalue weighted by Crippen LogP contribution is 2.54. The van der Waals surface area contributed by atoms with Crippen molar-refractivity contribution in [1.29, 1.82) is 0 Å². The molecule has 2 aromatic heterocycles. The van der Waals surface area contributed by atoms with Crippen molar-refractivity contribution in [2.45, 2.75) is 38.8 Å². The van der Waals surface area contributed by atoms with Crippen molar-refractivity contribution in [3.63, 3.8) is 0 Å². The van der Waals surface area contributed by atoms with Gasteiger partial charge in [0.25, 0.3) is 5.91 Å². The number of likely N-dealkylation sites (tertiary alicyclic amines) is 1. The summed E-state index contributed by atoms with van der Waals surface area (Å²) in [5.74, 6) is -0.135. The monoisotopic (exact) mass is 357 g/mol. The van der Waals surface area contributed by atoms with Crippen molar-refractivity contribution < 1.29 is 4.79 Å². The lowest BCUT2D eigenvalue weighted by atomic mass is 9.92. The van der Waals surface area contributed by atoms with E-state index in [0.29, 0.717) is 5.56 Å². The summed E-state index contributed by atoms with van der Waals surface area (Å²) in [5, 5.41) is 5.37. The molecule has 0 bridgehead atoms. The number of hydrogen-bond donors (Lipinski definition) is 2. The van der Waals surface area contributed by atoms with Gasteiger partial charge in [0.2, 0.25) is 5.56 Å². The minimum absolute atomic E-state index is 0.135. The van der Waals surface area contributed by atoms with Gasteiger partial charge in [0.1, 0.15) is 0 Å². The minimum Gasteiger partial charge on any atom is -0.349 e. The molecule has 132 valence electrons. The van der Waals surface area contributed by atoms with Crippen LogP contribution in [0.25, 0.3) is 0 Å². The largest absolute Gasteiger partial charge is 0.349 e. The second kappa shape index (κ2) is 6.42. The lowest BCUT2D eigenvalue weighted by Gasteiger charge is -2.32. The molecule has 0 aromatic carbocycles. The van der Waals surface area contributed by atoms with Gasteiger partial charge >= 0.3 is 0 Å². The molecule has 4 rings (SSSR count). The Labute approximate surface area is 151 Å². The number of piperidine rings is 1. The molecule has 1 spiro atoms. The van der Waals surface area contributed by atoms with Crippen LogP contribution in [-0.2, 0) is 6.54 Å². The zero-order valence-electron chi connectivity index (χ0n) is 14.4. The van der Waals surface area contributed by atoms with Crippen molar-refractivity contribution >= 4 is 17.2 Å². The molecule has 2 aliphatic rings. The molecule has 2 aromatic rings. The third-order valence-electron chi connectivity index (χ3n) is 5.58. The van der Waals surface area contributed by atoms with Gasteiger partial charge in [0.15, 0.2) is 0 Å². The average Bonchev–Trinajstić information content (AvgIpc) is 3.07. The van der Waals surface area contributed by atoms with E-state index >= 15 is 0 Å². The first-order valence-corrected chi connectivity index (χ1v) is 9.68. The topological polar surface area (TPSA) is 65.2 Å². The summed E-state index contributed by atoms with van der Waals surface area (Å²) in [6.07, 6.45) is 4.85. The van der Waals surface area contributed by atoms with Gasteiger partial charge in [-0.3, -0.25) is 14.5 Å². The van der Waals surface area contributed by atoms with Crippen molar-refractivity contribution in [1.82, 2.24) is 15.2 Å². The number of amides is 1. The molecular weight excluding hydrogens is 334 g/mol. The summed E-state index contributed by atoms with van der Waals surface area (Å²) in [5.41, 5.74) is 1.89. The van der Waals surface area contributed by atoms with Gasteiger partial charge in [-0.2, -0.15) is 0 Å². The lowest BCUT2D eigenvalue weighted by molar-refractivity contribution is 0.0934. The normalized spacial score (nSPS) is 22.0. The maximum atomic E-state index is 12.3. The van der Waals surface area contributed by atoms with E-state index in [1.807, 2.05) is 11.3 Å². The smallest absolute Gasteiger partial charge is 0.251 e. The number of aromatic amines is 1. The fraction of sp³-hybridized carbons (Fsp3) is 0.474. The summed E-state index contributed by atoms with van der Waals surface area (Å²) in [6, 6.07) is 5.54. The molecule has 1 saturated heterocycles. The van der Waals surface area contributed by atoms with Gasteiger partial charge in [-0.25, -0.2) is 0 Å². The third-order valence-corrected chi connectivity index (χ3v) is 6.49. The van der Waals surface area contributed by atoms with Crippen LogP contribution in [0.1, 0.15) is 40.1 Å². The highest BCUT2D eigenvalue weighted by Gasteiger charge is 2.55. The van der Waals surface area contributed by atoms with Gasteiger partial charge in [0, 0.05) is 35.3 Å². The molecular formula is C19H23N3O2S. The van der Waals surface area contributed by atoms with Crippen LogP contribution in [0.5, 0.6) is 0 Å². The Morgan fingerprint density at radius 1 is 1.40 bits per heavy atom. The number of nitrogens with one attached hydrogen (secondary N) is 2. The van der Waals surface area contributed by atoms with Crippen LogP contribution in [0.15, 0.2) is 34.6 Å². The lowest BCUT2D eigenvalue weighted by Crippen LogP contribution is -2.38. The van der Waals surface area contributed by atoms with E-state index in [0.717, 1.165) is 38.9 Å². The molecule has 1 aliphatic heterocycles. The Morgan fingerprint density at radius 2 is 2.20 bits per heavy atom. The number of H-pyrrole nitrogens is 1. The first-order valence-electron chi connectivity index (χ1n) is 8.80. The second-order valence-electron chi connectivity index (χ2n) is 7.38. The van der Waals surface area contributed by atoms with Crippen LogP contribution >= 0.6 is 11.3 Å². The van der Waals surface area contributed by atoms with Crippen LogP contribution in [-0.4, -0.2) is 34.9 Å². The fourth-order valence-corrected chi connectivity index (χ4v) is 4.63. The minimum atomic E-state index is -0.241. The first kappa shape index (κ1) is 16.5. The summed E-state index contributed by atoms with van der Waals surface area (Å²) < 4.78 is 0. The molecule has 6 heteroatoms. The maximum Gasteiger partial charge on any atom is 0.251 e. The fourth-order valence-electron chi connectivity index (χ4n) is 3.93. The maximum absolute atomic E-state index is 12.3. The predicted molar refractivity (Wildman–Crippen MR) is 98.9 cm³/mol. The van der Waals surface area contributed by atoms with Gasteiger partial charge in [-0.1, -0.05) is 0 Å². The number of carbonyl (C=O) groups excluding carboxylic acids is 1. The molecule has 1 aliphatic carbocycles. The molecule has 1 amide bonds. The zero-order chi connectivity index (χ0) is 17.4. The van der Waals surface area contributed by atoms with E-state index in [2.05, 4.69) is 33.6 Å². The van der Waals surface area contributed by atoms with E-state index in [-0.39, 0.29) is 22.9 Å². The molecule has 3 heterocycles. The van der Waals surface area contributed by atoms with Crippen LogP contribution in [0.2, 0.25) is 0 Å². The van der Waals surface area contributed by atoms with Crippen LogP contribution in [0.4, 0.5) is 0 Å². The summed E-state index contributed by atoms with van der Waals surface area (Å²) in [4.78, 5) is 30.1. The quantitative estimate of drug-likeness (QED) is 0.884. The van der Waals surface area contributed by atoms with Crippen molar-refractivity contribution in [3.8, 4) is 0 Å². The van der Waals surface area contributed by atoms with Crippen molar-refractivity contribution in [2.75, 3.05) is 13.1 Å². The summed E-state index contributed by atoms with van der Waals surface area (Å²) in [6.45, 7) is 5.36. The highest BCUT2D eigenvalue weighted by molar-refractivity contribution is 7.10. The van der Waals surface area contributed by atoms with E-state index in [1.54, 1.807) is 6.07 Å². The first-order chi connectivity index (χ1) is 12.0. The number of hydrogen-bond acceptors (Lipinski definition) is 4. The van der Waals surface area contributed by atoms with E-state index in [4.69, 9.17) is 0 Å². The Bertz CT molecular complexity index is 833. The van der Waals surface area contributed by atoms with Crippen LogP contribution < -0.4 is 10.9 Å². The Hall–Kier alpha value is -1.92. The van der Waals surface area contributed by atoms with Crippen molar-refractivity contribution in [3.05, 3.63) is 56.1 Å². The highest BCUT2D eigenvalue weighted by atomic mass is 32.1. The number of rotatable bonds is 4. The summed E-state index contributed by atoms with van der Waals surface area (Å²) >= 11 is 1.81. The molecule has 1 saturated carbocycles. The van der Waals surface area contributed by atoms with Crippen LogP contribution in [0, 0.1) is 12.3 Å². The molecule has 25 heavy (non-hydrogen) atoms. The Kier molecular flexibility index (Phi) is 4.25. The SMILES string of the molecule is Cc1cc(CN2CCC3(CC2)CC3NC(=O)c2cc[nH]c(=O)c2)cs1. The van der Waals surface area contributed by atoms with Crippen molar-refractivity contribution in [2.24, 2.45) is 5.41 Å². The van der Waals surface area contributed by atoms with Gasteiger partial charge < -0.3 is 10.3 Å². The third kappa shape index (κ3) is 3.55.